The highest BCUT2D eigenvalue weighted by molar-refractivity contribution is 5.91. The molecular weight excluding hydrogens is 442 g/mol. The van der Waals surface area contributed by atoms with Crippen LogP contribution in [0.25, 0.3) is 10.9 Å². The average Bonchev–Trinajstić information content (AvgIpc) is 2.76. The molecule has 0 bridgehead atoms. The highest BCUT2D eigenvalue weighted by Crippen LogP contribution is 2.36. The SMILES string of the molecule is CCC(COC)Oc1cc2c(NCc3cccc(C(F)(F)F)c3F)nc(C)nc2cc1OC. The first-order chi connectivity index (χ1) is 15.7. The molecule has 0 fully saturated rings. The molecule has 2 aromatic carbocycles. The summed E-state index contributed by atoms with van der Waals surface area (Å²) in [7, 11) is 3.09. The molecule has 3 aromatic rings. The summed E-state index contributed by atoms with van der Waals surface area (Å²) in [5, 5.41) is 3.49. The molecule has 1 unspecified atom stereocenters. The molecule has 0 radical (unpaired) electrons. The van der Waals surface area contributed by atoms with Gasteiger partial charge in [0.2, 0.25) is 0 Å². The van der Waals surface area contributed by atoms with E-state index < -0.39 is 17.6 Å². The van der Waals surface area contributed by atoms with Crippen LogP contribution in [0.5, 0.6) is 11.5 Å². The van der Waals surface area contributed by atoms with Gasteiger partial charge in [-0.05, 0) is 25.5 Å². The van der Waals surface area contributed by atoms with E-state index in [4.69, 9.17) is 14.2 Å². The fourth-order valence-corrected chi connectivity index (χ4v) is 3.35. The van der Waals surface area contributed by atoms with Gasteiger partial charge >= 0.3 is 6.18 Å². The number of hydrogen-bond donors (Lipinski definition) is 1. The lowest BCUT2D eigenvalue weighted by Gasteiger charge is -2.20. The van der Waals surface area contributed by atoms with E-state index in [1.54, 1.807) is 26.2 Å². The lowest BCUT2D eigenvalue weighted by Crippen LogP contribution is -2.21. The molecule has 0 saturated carbocycles. The second-order valence-electron chi connectivity index (χ2n) is 7.37. The van der Waals surface area contributed by atoms with Crippen LogP contribution in [0.4, 0.5) is 23.4 Å². The molecule has 3 rings (SSSR count). The van der Waals surface area contributed by atoms with E-state index in [9.17, 15) is 17.6 Å². The monoisotopic (exact) mass is 467 g/mol. The third-order valence-electron chi connectivity index (χ3n) is 5.02. The Kier molecular flexibility index (Phi) is 7.57. The van der Waals surface area contributed by atoms with Crippen LogP contribution in [0, 0.1) is 12.7 Å². The van der Waals surface area contributed by atoms with Gasteiger partial charge in [0.25, 0.3) is 0 Å². The minimum atomic E-state index is -4.78. The van der Waals surface area contributed by atoms with Gasteiger partial charge in [-0.15, -0.1) is 0 Å². The zero-order valence-corrected chi connectivity index (χ0v) is 18.7. The van der Waals surface area contributed by atoms with E-state index in [-0.39, 0.29) is 18.2 Å². The van der Waals surface area contributed by atoms with Crippen LogP contribution < -0.4 is 14.8 Å². The number of ether oxygens (including phenoxy) is 3. The van der Waals surface area contributed by atoms with E-state index >= 15 is 0 Å². The van der Waals surface area contributed by atoms with Crippen LogP contribution in [0.3, 0.4) is 0 Å². The molecule has 10 heteroatoms. The molecule has 0 spiro atoms. The van der Waals surface area contributed by atoms with Gasteiger partial charge in [0, 0.05) is 30.7 Å². The standard InChI is InChI=1S/C23H25F4N3O3/c1-5-15(12-31-3)33-20-9-16-18(10-19(20)32-4)29-13(2)30-22(16)28-11-14-7-6-8-17(21(14)24)23(25,26)27/h6-10,15H,5,11-12H2,1-4H3,(H,28,29,30). The van der Waals surface area contributed by atoms with Crippen LogP contribution in [0.1, 0.15) is 30.3 Å². The van der Waals surface area contributed by atoms with Crippen molar-refractivity contribution < 1.29 is 31.8 Å². The van der Waals surface area contributed by atoms with Gasteiger partial charge in [0.05, 0.1) is 24.8 Å². The number of alkyl halides is 3. The van der Waals surface area contributed by atoms with Gasteiger partial charge < -0.3 is 19.5 Å². The van der Waals surface area contributed by atoms with E-state index in [2.05, 4.69) is 15.3 Å². The van der Waals surface area contributed by atoms with Crippen LogP contribution in [-0.4, -0.2) is 36.9 Å². The van der Waals surface area contributed by atoms with E-state index in [0.717, 1.165) is 0 Å². The van der Waals surface area contributed by atoms with E-state index in [0.29, 0.717) is 53.1 Å². The lowest BCUT2D eigenvalue weighted by atomic mass is 10.1. The van der Waals surface area contributed by atoms with Crippen LogP contribution in [-0.2, 0) is 17.5 Å². The average molecular weight is 467 g/mol. The van der Waals surface area contributed by atoms with Crippen molar-refractivity contribution in [2.24, 2.45) is 0 Å². The third kappa shape index (κ3) is 5.62. The van der Waals surface area contributed by atoms with Crippen molar-refractivity contribution in [2.45, 2.75) is 39.1 Å². The number of fused-ring (bicyclic) bond motifs is 1. The molecule has 1 N–H and O–H groups in total. The number of nitrogens with zero attached hydrogens (tertiary/aromatic N) is 2. The maximum atomic E-state index is 14.4. The Labute approximate surface area is 188 Å². The summed E-state index contributed by atoms with van der Waals surface area (Å²) in [5.41, 5.74) is -0.904. The fraction of sp³-hybridized carbons (Fsp3) is 0.391. The molecule has 0 saturated heterocycles. The Morgan fingerprint density at radius 2 is 1.85 bits per heavy atom. The molecule has 1 atom stereocenters. The van der Waals surface area contributed by atoms with Crippen LogP contribution >= 0.6 is 0 Å². The number of rotatable bonds is 9. The molecular formula is C23H25F4N3O3. The first-order valence-corrected chi connectivity index (χ1v) is 10.3. The molecule has 178 valence electrons. The number of aryl methyl sites for hydroxylation is 1. The number of hydrogen-bond acceptors (Lipinski definition) is 6. The molecule has 0 aliphatic heterocycles. The Morgan fingerprint density at radius 1 is 1.09 bits per heavy atom. The Balaban J connectivity index is 1.98. The molecule has 1 heterocycles. The highest BCUT2D eigenvalue weighted by atomic mass is 19.4. The molecule has 33 heavy (non-hydrogen) atoms. The number of benzene rings is 2. The zero-order valence-electron chi connectivity index (χ0n) is 18.7. The second kappa shape index (κ2) is 10.2. The van der Waals surface area contributed by atoms with Crippen molar-refractivity contribution in [2.75, 3.05) is 26.1 Å². The van der Waals surface area contributed by atoms with Gasteiger partial charge in [-0.25, -0.2) is 14.4 Å². The molecule has 0 aliphatic carbocycles. The van der Waals surface area contributed by atoms with Gasteiger partial charge in [-0.3, -0.25) is 0 Å². The van der Waals surface area contributed by atoms with Gasteiger partial charge in [-0.1, -0.05) is 19.1 Å². The summed E-state index contributed by atoms with van der Waals surface area (Å²) in [6.07, 6.45) is -4.30. The normalized spacial score (nSPS) is 12.6. The summed E-state index contributed by atoms with van der Waals surface area (Å²) in [6, 6.07) is 6.56. The molecule has 0 amide bonds. The van der Waals surface area contributed by atoms with Gasteiger partial charge in [0.15, 0.2) is 11.5 Å². The maximum absolute atomic E-state index is 14.4. The third-order valence-corrected chi connectivity index (χ3v) is 5.02. The molecule has 1 aromatic heterocycles. The quantitative estimate of drug-likeness (QED) is 0.418. The van der Waals surface area contributed by atoms with Crippen molar-refractivity contribution in [1.82, 2.24) is 9.97 Å². The minimum absolute atomic E-state index is 0.134. The predicted molar refractivity (Wildman–Crippen MR) is 116 cm³/mol. The largest absolute Gasteiger partial charge is 0.493 e. The summed E-state index contributed by atoms with van der Waals surface area (Å²) in [4.78, 5) is 8.77. The van der Waals surface area contributed by atoms with Gasteiger partial charge in [-0.2, -0.15) is 13.2 Å². The van der Waals surface area contributed by atoms with E-state index in [1.807, 2.05) is 6.92 Å². The summed E-state index contributed by atoms with van der Waals surface area (Å²) in [6.45, 7) is 3.81. The minimum Gasteiger partial charge on any atom is -0.493 e. The predicted octanol–water partition coefficient (Wildman–Crippen LogP) is 5.52. The number of methoxy groups -OCH3 is 2. The van der Waals surface area contributed by atoms with Crippen molar-refractivity contribution in [1.29, 1.82) is 0 Å². The summed E-state index contributed by atoms with van der Waals surface area (Å²) in [5.74, 6) is 0.348. The Morgan fingerprint density at radius 3 is 2.48 bits per heavy atom. The first kappa shape index (κ1) is 24.5. The zero-order chi connectivity index (χ0) is 24.2. The second-order valence-corrected chi connectivity index (χ2v) is 7.37. The molecule has 6 nitrogen and oxygen atoms in total. The van der Waals surface area contributed by atoms with E-state index in [1.165, 1.54) is 19.2 Å². The van der Waals surface area contributed by atoms with Crippen molar-refractivity contribution >= 4 is 16.7 Å². The number of nitrogens with one attached hydrogen (secondary N) is 1. The number of aromatic nitrogens is 2. The lowest BCUT2D eigenvalue weighted by molar-refractivity contribution is -0.140. The van der Waals surface area contributed by atoms with Crippen molar-refractivity contribution in [3.8, 4) is 11.5 Å². The summed E-state index contributed by atoms with van der Waals surface area (Å²) >= 11 is 0. The first-order valence-electron chi connectivity index (χ1n) is 10.3. The maximum Gasteiger partial charge on any atom is 0.419 e. The fourth-order valence-electron chi connectivity index (χ4n) is 3.35. The number of halogens is 4. The molecule has 0 aliphatic rings. The highest BCUT2D eigenvalue weighted by Gasteiger charge is 2.34. The van der Waals surface area contributed by atoms with Gasteiger partial charge in [0.1, 0.15) is 23.6 Å². The van der Waals surface area contributed by atoms with Crippen LogP contribution in [0.15, 0.2) is 30.3 Å². The van der Waals surface area contributed by atoms with Crippen molar-refractivity contribution in [3.05, 3.63) is 53.1 Å². The van der Waals surface area contributed by atoms with Crippen LogP contribution in [0.2, 0.25) is 0 Å². The summed E-state index contributed by atoms with van der Waals surface area (Å²) < 4.78 is 70.2. The number of anilines is 1. The van der Waals surface area contributed by atoms with Crippen molar-refractivity contribution in [3.63, 3.8) is 0 Å². The Hall–Kier alpha value is -3.14. The Bertz CT molecular complexity index is 1120. The topological polar surface area (TPSA) is 65.5 Å². The smallest absolute Gasteiger partial charge is 0.419 e.